The van der Waals surface area contributed by atoms with E-state index in [1.165, 1.54) is 11.8 Å². The monoisotopic (exact) mass is 399 g/mol. The van der Waals surface area contributed by atoms with Gasteiger partial charge in [0.15, 0.2) is 0 Å². The number of rotatable bonds is 2. The lowest BCUT2D eigenvalue weighted by Gasteiger charge is -2.37. The fraction of sp³-hybridized carbons (Fsp3) is 0.588. The van der Waals surface area contributed by atoms with E-state index in [2.05, 4.69) is 10.3 Å². The van der Waals surface area contributed by atoms with Gasteiger partial charge in [-0.25, -0.2) is 9.78 Å². The van der Waals surface area contributed by atoms with Gasteiger partial charge < -0.3 is 19.7 Å². The summed E-state index contributed by atoms with van der Waals surface area (Å²) in [5.41, 5.74) is -1.24. The number of hydrogen-bond donors (Lipinski definition) is 1. The summed E-state index contributed by atoms with van der Waals surface area (Å²) in [5.74, 6) is -0.153. The highest BCUT2D eigenvalue weighted by Crippen LogP contribution is 2.39. The number of nitrogens with one attached hydrogen (secondary N) is 1. The number of morpholine rings is 1. The molecule has 0 saturated carbocycles. The molecule has 2 unspecified atom stereocenters. The van der Waals surface area contributed by atoms with E-state index in [4.69, 9.17) is 21.1 Å². The van der Waals surface area contributed by atoms with Crippen molar-refractivity contribution >= 4 is 35.4 Å². The number of likely N-dealkylation sites (tertiary alicyclic amines) is 1. The molecule has 2 fully saturated rings. The van der Waals surface area contributed by atoms with Crippen LogP contribution in [0.3, 0.4) is 0 Å². The van der Waals surface area contributed by atoms with Gasteiger partial charge in [0.2, 0.25) is 5.91 Å². The summed E-state index contributed by atoms with van der Waals surface area (Å²) < 4.78 is 11.4. The second-order valence-electron chi connectivity index (χ2n) is 7.41. The quantitative estimate of drug-likeness (QED) is 0.822. The molecule has 0 radical (unpaired) electrons. The van der Waals surface area contributed by atoms with Crippen LogP contribution in [0.5, 0.6) is 0 Å². The molecule has 2 saturated heterocycles. The molecule has 0 aliphatic carbocycles. The fourth-order valence-corrected chi connectivity index (χ4v) is 4.27. The zero-order valence-corrected chi connectivity index (χ0v) is 16.5. The topological polar surface area (TPSA) is 80.8 Å². The highest BCUT2D eigenvalue weighted by Gasteiger charge is 2.52. The third kappa shape index (κ3) is 4.42. The predicted molar refractivity (Wildman–Crippen MR) is 98.4 cm³/mol. The number of carbonyl (C=O) groups excluding carboxylic acids is 2. The van der Waals surface area contributed by atoms with Crippen molar-refractivity contribution in [3.8, 4) is 0 Å². The maximum atomic E-state index is 12.5. The number of carbonyl (C=O) groups is 2. The second-order valence-corrected chi connectivity index (χ2v) is 9.07. The van der Waals surface area contributed by atoms with Gasteiger partial charge in [0.25, 0.3) is 0 Å². The molecule has 9 heteroatoms. The third-order valence-corrected chi connectivity index (χ3v) is 5.69. The number of ether oxygens (including phenoxy) is 2. The zero-order valence-electron chi connectivity index (χ0n) is 15.0. The number of halogens is 1. The molecule has 3 heterocycles. The molecule has 0 aromatic carbocycles. The van der Waals surface area contributed by atoms with Gasteiger partial charge in [-0.15, -0.1) is 0 Å². The molecule has 1 N–H and O–H groups in total. The van der Waals surface area contributed by atoms with Crippen molar-refractivity contribution in [3.63, 3.8) is 0 Å². The highest BCUT2D eigenvalue weighted by molar-refractivity contribution is 8.00. The Morgan fingerprint density at radius 2 is 2.27 bits per heavy atom. The first-order chi connectivity index (χ1) is 12.2. The number of amides is 2. The first-order valence-electron chi connectivity index (χ1n) is 8.34. The number of pyridine rings is 1. The lowest BCUT2D eigenvalue weighted by atomic mass is 10.0. The van der Waals surface area contributed by atoms with Crippen LogP contribution >= 0.6 is 23.4 Å². The molecular weight excluding hydrogens is 378 g/mol. The highest BCUT2D eigenvalue weighted by atomic mass is 35.5. The van der Waals surface area contributed by atoms with Crippen molar-refractivity contribution in [2.24, 2.45) is 0 Å². The Morgan fingerprint density at radius 3 is 2.85 bits per heavy atom. The average molecular weight is 400 g/mol. The summed E-state index contributed by atoms with van der Waals surface area (Å²) in [4.78, 5) is 30.0. The largest absolute Gasteiger partial charge is 0.444 e. The van der Waals surface area contributed by atoms with Gasteiger partial charge >= 0.3 is 6.09 Å². The van der Waals surface area contributed by atoms with Gasteiger partial charge in [-0.1, -0.05) is 23.4 Å². The summed E-state index contributed by atoms with van der Waals surface area (Å²) >= 11 is 7.41. The Hall–Kier alpha value is -1.51. The van der Waals surface area contributed by atoms with Crippen LogP contribution in [0.1, 0.15) is 20.8 Å². The normalized spacial score (nSPS) is 26.1. The van der Waals surface area contributed by atoms with E-state index >= 15 is 0 Å². The number of nitrogens with zero attached hydrogens (tertiary/aromatic N) is 2. The molecule has 1 spiro atoms. The summed E-state index contributed by atoms with van der Waals surface area (Å²) in [5, 5.41) is 4.10. The maximum Gasteiger partial charge on any atom is 0.410 e. The molecule has 26 heavy (non-hydrogen) atoms. The minimum absolute atomic E-state index is 0.0206. The lowest BCUT2D eigenvalue weighted by molar-refractivity contribution is -0.141. The van der Waals surface area contributed by atoms with Crippen molar-refractivity contribution in [2.75, 3.05) is 26.2 Å². The molecule has 2 aliphatic heterocycles. The Bertz CT molecular complexity index is 682. The summed E-state index contributed by atoms with van der Waals surface area (Å²) in [6, 6.07) is 3.60. The van der Waals surface area contributed by atoms with Crippen LogP contribution in [0.2, 0.25) is 5.02 Å². The van der Waals surface area contributed by atoms with Crippen molar-refractivity contribution in [3.05, 3.63) is 23.4 Å². The van der Waals surface area contributed by atoms with Gasteiger partial charge in [0, 0.05) is 19.3 Å². The molecule has 7 nitrogen and oxygen atoms in total. The van der Waals surface area contributed by atoms with E-state index in [9.17, 15) is 9.59 Å². The van der Waals surface area contributed by atoms with Crippen LogP contribution in [0.4, 0.5) is 4.79 Å². The maximum absolute atomic E-state index is 12.5. The van der Waals surface area contributed by atoms with Crippen LogP contribution in [0.25, 0.3) is 0 Å². The van der Waals surface area contributed by atoms with Gasteiger partial charge in [-0.2, -0.15) is 0 Å². The van der Waals surface area contributed by atoms with Crippen molar-refractivity contribution < 1.29 is 19.1 Å². The van der Waals surface area contributed by atoms with Crippen molar-refractivity contribution in [1.82, 2.24) is 15.2 Å². The molecule has 2 aliphatic rings. The molecule has 2 amide bonds. The van der Waals surface area contributed by atoms with E-state index in [1.54, 1.807) is 17.2 Å². The Kier molecular flexibility index (Phi) is 5.37. The van der Waals surface area contributed by atoms with Crippen molar-refractivity contribution in [2.45, 2.75) is 42.2 Å². The molecule has 2 atom stereocenters. The van der Waals surface area contributed by atoms with Crippen LogP contribution < -0.4 is 5.32 Å². The van der Waals surface area contributed by atoms with Crippen LogP contribution in [-0.2, 0) is 14.3 Å². The second kappa shape index (κ2) is 7.25. The number of aromatic nitrogens is 1. The minimum atomic E-state index is -0.670. The minimum Gasteiger partial charge on any atom is -0.444 e. The number of hydrogen-bond acceptors (Lipinski definition) is 6. The third-order valence-electron chi connectivity index (χ3n) is 4.12. The van der Waals surface area contributed by atoms with Gasteiger partial charge in [-0.3, -0.25) is 4.79 Å². The van der Waals surface area contributed by atoms with Gasteiger partial charge in [0.05, 0.1) is 21.8 Å². The van der Waals surface area contributed by atoms with E-state index in [-0.39, 0.29) is 23.9 Å². The van der Waals surface area contributed by atoms with E-state index in [1.807, 2.05) is 26.8 Å². The molecule has 3 rings (SSSR count). The van der Waals surface area contributed by atoms with Crippen LogP contribution in [0, 0.1) is 0 Å². The van der Waals surface area contributed by atoms with Gasteiger partial charge in [-0.05, 0) is 32.9 Å². The Labute approximate surface area is 161 Å². The standard InChI is InChI=1S/C17H22ClN3O4S/c1-16(2,3)25-15(23)21-7-12(26-14-5-4-11(18)6-19-14)17(10-21)9-20-13(22)8-24-17/h4-6,12H,7-10H2,1-3H3,(H,20,22). The summed E-state index contributed by atoms with van der Waals surface area (Å²) in [7, 11) is 0. The van der Waals surface area contributed by atoms with Crippen LogP contribution in [-0.4, -0.2) is 64.6 Å². The Morgan fingerprint density at radius 1 is 1.50 bits per heavy atom. The van der Waals surface area contributed by atoms with E-state index in [0.29, 0.717) is 24.7 Å². The van der Waals surface area contributed by atoms with Crippen LogP contribution in [0.15, 0.2) is 23.4 Å². The van der Waals surface area contributed by atoms with E-state index in [0.717, 1.165) is 5.03 Å². The van der Waals surface area contributed by atoms with Gasteiger partial charge in [0.1, 0.15) is 17.8 Å². The molecular formula is C17H22ClN3O4S. The fourth-order valence-electron chi connectivity index (χ4n) is 2.91. The number of thioether (sulfide) groups is 1. The first kappa shape index (κ1) is 19.3. The first-order valence-corrected chi connectivity index (χ1v) is 9.59. The molecule has 1 aromatic heterocycles. The smallest absolute Gasteiger partial charge is 0.410 e. The SMILES string of the molecule is CC(C)(C)OC(=O)N1CC(Sc2ccc(Cl)cn2)C2(CNC(=O)CO2)C1. The zero-order chi connectivity index (χ0) is 18.9. The predicted octanol–water partition coefficient (Wildman–Crippen LogP) is 2.33. The summed E-state index contributed by atoms with van der Waals surface area (Å²) in [6.45, 7) is 6.62. The Balaban J connectivity index is 1.78. The van der Waals surface area contributed by atoms with Crippen molar-refractivity contribution in [1.29, 1.82) is 0 Å². The average Bonchev–Trinajstić information content (AvgIpc) is 2.90. The molecule has 1 aromatic rings. The van der Waals surface area contributed by atoms with E-state index < -0.39 is 11.2 Å². The molecule has 0 bridgehead atoms. The summed E-state index contributed by atoms with van der Waals surface area (Å²) in [6.07, 6.45) is 1.20. The lowest BCUT2D eigenvalue weighted by Crippen LogP contribution is -2.58. The molecule has 142 valence electrons.